The summed E-state index contributed by atoms with van der Waals surface area (Å²) in [5, 5.41) is 9.10. The van der Waals surface area contributed by atoms with Crippen LogP contribution in [0.5, 0.6) is 5.75 Å². The highest BCUT2D eigenvalue weighted by Gasteiger charge is 2.27. The Morgan fingerprint density at radius 1 is 1.39 bits per heavy atom. The SMILES string of the molecule is COc1ccccc1C(CC(=O)O)N1CCCC1. The van der Waals surface area contributed by atoms with Crippen LogP contribution in [0.3, 0.4) is 0 Å². The van der Waals surface area contributed by atoms with Gasteiger partial charge in [-0.3, -0.25) is 9.69 Å². The summed E-state index contributed by atoms with van der Waals surface area (Å²) in [5.74, 6) is 0.00783. The Labute approximate surface area is 107 Å². The van der Waals surface area contributed by atoms with Gasteiger partial charge < -0.3 is 9.84 Å². The van der Waals surface area contributed by atoms with Crippen molar-refractivity contribution in [1.82, 2.24) is 4.90 Å². The van der Waals surface area contributed by atoms with Gasteiger partial charge in [0, 0.05) is 11.6 Å². The summed E-state index contributed by atoms with van der Waals surface area (Å²) in [6.45, 7) is 1.94. The fourth-order valence-electron chi connectivity index (χ4n) is 2.60. The Morgan fingerprint density at radius 3 is 2.67 bits per heavy atom. The van der Waals surface area contributed by atoms with Crippen molar-refractivity contribution < 1.29 is 14.6 Å². The van der Waals surface area contributed by atoms with Gasteiger partial charge in [-0.15, -0.1) is 0 Å². The molecule has 1 fully saturated rings. The number of carboxylic acids is 1. The van der Waals surface area contributed by atoms with Crippen molar-refractivity contribution in [2.45, 2.75) is 25.3 Å². The van der Waals surface area contributed by atoms with Gasteiger partial charge >= 0.3 is 5.97 Å². The van der Waals surface area contributed by atoms with E-state index < -0.39 is 5.97 Å². The van der Waals surface area contributed by atoms with Crippen molar-refractivity contribution >= 4 is 5.97 Å². The summed E-state index contributed by atoms with van der Waals surface area (Å²) < 4.78 is 5.35. The molecule has 4 nitrogen and oxygen atoms in total. The number of methoxy groups -OCH3 is 1. The van der Waals surface area contributed by atoms with Gasteiger partial charge in [-0.05, 0) is 32.0 Å². The molecule has 1 aromatic rings. The summed E-state index contributed by atoms with van der Waals surface area (Å²) in [6.07, 6.45) is 2.41. The van der Waals surface area contributed by atoms with E-state index in [9.17, 15) is 4.79 Å². The van der Waals surface area contributed by atoms with E-state index in [0.29, 0.717) is 0 Å². The van der Waals surface area contributed by atoms with E-state index in [1.54, 1.807) is 7.11 Å². The number of para-hydroxylation sites is 1. The molecular weight excluding hydrogens is 230 g/mol. The smallest absolute Gasteiger partial charge is 0.305 e. The minimum atomic E-state index is -0.766. The molecule has 1 N–H and O–H groups in total. The average molecular weight is 249 g/mol. The van der Waals surface area contributed by atoms with Crippen LogP contribution >= 0.6 is 0 Å². The predicted molar refractivity (Wildman–Crippen MR) is 68.8 cm³/mol. The van der Waals surface area contributed by atoms with E-state index in [1.807, 2.05) is 24.3 Å². The van der Waals surface area contributed by atoms with Gasteiger partial charge in [-0.2, -0.15) is 0 Å². The minimum absolute atomic E-state index is 0.0823. The highest BCUT2D eigenvalue weighted by atomic mass is 16.5. The lowest BCUT2D eigenvalue weighted by Crippen LogP contribution is -2.28. The Kier molecular flexibility index (Phi) is 4.20. The van der Waals surface area contributed by atoms with Crippen molar-refractivity contribution in [3.63, 3.8) is 0 Å². The van der Waals surface area contributed by atoms with E-state index in [-0.39, 0.29) is 12.5 Å². The number of nitrogens with zero attached hydrogens (tertiary/aromatic N) is 1. The van der Waals surface area contributed by atoms with E-state index in [2.05, 4.69) is 4.90 Å². The first kappa shape index (κ1) is 12.9. The van der Waals surface area contributed by atoms with Crippen LogP contribution in [0.2, 0.25) is 0 Å². The average Bonchev–Trinajstić information content (AvgIpc) is 2.89. The third-order valence-electron chi connectivity index (χ3n) is 3.45. The van der Waals surface area contributed by atoms with Gasteiger partial charge in [0.25, 0.3) is 0 Å². The Balaban J connectivity index is 2.29. The predicted octanol–water partition coefficient (Wildman–Crippen LogP) is 2.31. The summed E-state index contributed by atoms with van der Waals surface area (Å²) in [6, 6.07) is 7.61. The molecule has 0 bridgehead atoms. The Bertz CT molecular complexity index is 413. The molecule has 98 valence electrons. The highest BCUT2D eigenvalue weighted by molar-refractivity contribution is 5.68. The van der Waals surface area contributed by atoms with E-state index in [1.165, 1.54) is 0 Å². The zero-order chi connectivity index (χ0) is 13.0. The normalized spacial score (nSPS) is 17.6. The first-order valence-corrected chi connectivity index (χ1v) is 6.31. The third-order valence-corrected chi connectivity index (χ3v) is 3.45. The Morgan fingerprint density at radius 2 is 2.06 bits per heavy atom. The van der Waals surface area contributed by atoms with Gasteiger partial charge in [0.05, 0.1) is 13.5 Å². The van der Waals surface area contributed by atoms with Crippen LogP contribution < -0.4 is 4.74 Å². The third kappa shape index (κ3) is 2.82. The van der Waals surface area contributed by atoms with Crippen molar-refractivity contribution in [1.29, 1.82) is 0 Å². The number of aliphatic carboxylic acids is 1. The maximum Gasteiger partial charge on any atom is 0.305 e. The number of carbonyl (C=O) groups is 1. The first-order valence-electron chi connectivity index (χ1n) is 6.31. The maximum absolute atomic E-state index is 11.1. The minimum Gasteiger partial charge on any atom is -0.496 e. The number of rotatable bonds is 5. The molecule has 0 saturated carbocycles. The fourth-order valence-corrected chi connectivity index (χ4v) is 2.60. The maximum atomic E-state index is 11.1. The summed E-state index contributed by atoms with van der Waals surface area (Å²) in [7, 11) is 1.63. The standard InChI is InChI=1S/C14H19NO3/c1-18-13-7-3-2-6-11(13)12(10-14(16)17)15-8-4-5-9-15/h2-3,6-7,12H,4-5,8-10H2,1H3,(H,16,17). The lowest BCUT2D eigenvalue weighted by atomic mass is 10.0. The number of hydrogen-bond acceptors (Lipinski definition) is 3. The number of likely N-dealkylation sites (tertiary alicyclic amines) is 1. The zero-order valence-corrected chi connectivity index (χ0v) is 10.6. The lowest BCUT2D eigenvalue weighted by molar-refractivity contribution is -0.138. The molecule has 0 aromatic heterocycles. The molecule has 1 saturated heterocycles. The second-order valence-corrected chi connectivity index (χ2v) is 4.60. The number of hydrogen-bond donors (Lipinski definition) is 1. The van der Waals surface area contributed by atoms with Crippen LogP contribution in [0.15, 0.2) is 24.3 Å². The second kappa shape index (κ2) is 5.87. The summed E-state index contributed by atoms with van der Waals surface area (Å²) >= 11 is 0. The number of ether oxygens (including phenoxy) is 1. The quantitative estimate of drug-likeness (QED) is 0.870. The molecule has 1 heterocycles. The van der Waals surface area contributed by atoms with Crippen molar-refractivity contribution in [2.24, 2.45) is 0 Å². The number of carboxylic acid groups (broad SMARTS) is 1. The molecule has 0 amide bonds. The topological polar surface area (TPSA) is 49.8 Å². The van der Waals surface area contributed by atoms with Gasteiger partial charge in [0.15, 0.2) is 0 Å². The van der Waals surface area contributed by atoms with Gasteiger partial charge in [0.1, 0.15) is 5.75 Å². The highest BCUT2D eigenvalue weighted by Crippen LogP contribution is 2.33. The van der Waals surface area contributed by atoms with Crippen molar-refractivity contribution in [2.75, 3.05) is 20.2 Å². The van der Waals surface area contributed by atoms with E-state index in [0.717, 1.165) is 37.2 Å². The molecule has 0 spiro atoms. The number of benzene rings is 1. The first-order chi connectivity index (χ1) is 8.72. The van der Waals surface area contributed by atoms with Crippen molar-refractivity contribution in [3.8, 4) is 5.75 Å². The van der Waals surface area contributed by atoms with Gasteiger partial charge in [-0.1, -0.05) is 18.2 Å². The van der Waals surface area contributed by atoms with Crippen LogP contribution in [0.1, 0.15) is 30.9 Å². The van der Waals surface area contributed by atoms with Crippen LogP contribution in [0, 0.1) is 0 Å². The van der Waals surface area contributed by atoms with Crippen LogP contribution in [0.25, 0.3) is 0 Å². The van der Waals surface area contributed by atoms with Gasteiger partial charge in [-0.25, -0.2) is 0 Å². The molecule has 2 rings (SSSR count). The largest absolute Gasteiger partial charge is 0.496 e. The van der Waals surface area contributed by atoms with Crippen molar-refractivity contribution in [3.05, 3.63) is 29.8 Å². The van der Waals surface area contributed by atoms with Gasteiger partial charge in [0.2, 0.25) is 0 Å². The molecule has 1 aromatic carbocycles. The van der Waals surface area contributed by atoms with Crippen LogP contribution in [0.4, 0.5) is 0 Å². The molecule has 1 aliphatic rings. The molecule has 0 radical (unpaired) electrons. The van der Waals surface area contributed by atoms with E-state index in [4.69, 9.17) is 9.84 Å². The second-order valence-electron chi connectivity index (χ2n) is 4.60. The molecule has 4 heteroatoms. The fraction of sp³-hybridized carbons (Fsp3) is 0.500. The zero-order valence-electron chi connectivity index (χ0n) is 10.6. The molecule has 1 unspecified atom stereocenters. The van der Waals surface area contributed by atoms with Crippen LogP contribution in [-0.4, -0.2) is 36.2 Å². The molecule has 1 aliphatic heterocycles. The monoisotopic (exact) mass is 249 g/mol. The Hall–Kier alpha value is -1.55. The molecule has 0 aliphatic carbocycles. The summed E-state index contributed by atoms with van der Waals surface area (Å²) in [5.41, 5.74) is 0.976. The lowest BCUT2D eigenvalue weighted by Gasteiger charge is -2.27. The molecule has 1 atom stereocenters. The van der Waals surface area contributed by atoms with Crippen LogP contribution in [-0.2, 0) is 4.79 Å². The van der Waals surface area contributed by atoms with E-state index >= 15 is 0 Å². The molecule has 18 heavy (non-hydrogen) atoms. The summed E-state index contributed by atoms with van der Waals surface area (Å²) in [4.78, 5) is 13.3. The molecular formula is C14H19NO3.